The molecule has 0 bridgehead atoms. The van der Waals surface area contributed by atoms with Crippen molar-refractivity contribution in [2.45, 2.75) is 29.6 Å². The summed E-state index contributed by atoms with van der Waals surface area (Å²) in [6.07, 6.45) is 1.28. The van der Waals surface area contributed by atoms with E-state index in [0.717, 1.165) is 17.9 Å². The number of benzene rings is 1. The highest BCUT2D eigenvalue weighted by molar-refractivity contribution is 8.00. The average Bonchev–Trinajstić information content (AvgIpc) is 2.65. The Morgan fingerprint density at radius 3 is 3.00 bits per heavy atom. The summed E-state index contributed by atoms with van der Waals surface area (Å²) in [6.45, 7) is 2.88. The zero-order valence-electron chi connectivity index (χ0n) is 8.94. The van der Waals surface area contributed by atoms with E-state index in [2.05, 4.69) is 13.0 Å². The molecule has 0 radical (unpaired) electrons. The molecule has 1 saturated heterocycles. The second-order valence-corrected chi connectivity index (χ2v) is 5.43. The van der Waals surface area contributed by atoms with Gasteiger partial charge in [-0.25, -0.2) is 0 Å². The van der Waals surface area contributed by atoms with Gasteiger partial charge in [0.1, 0.15) is 6.07 Å². The molecule has 4 heteroatoms. The molecule has 0 amide bonds. The number of rotatable bonds is 2. The molecule has 2 atom stereocenters. The van der Waals surface area contributed by atoms with Crippen LogP contribution in [0.4, 0.5) is 0 Å². The van der Waals surface area contributed by atoms with E-state index in [1.54, 1.807) is 17.8 Å². The van der Waals surface area contributed by atoms with Crippen molar-refractivity contribution in [1.82, 2.24) is 0 Å². The summed E-state index contributed by atoms with van der Waals surface area (Å²) in [7, 11) is 0. The van der Waals surface area contributed by atoms with Gasteiger partial charge in [-0.15, -0.1) is 11.8 Å². The van der Waals surface area contributed by atoms with E-state index in [9.17, 15) is 0 Å². The van der Waals surface area contributed by atoms with E-state index in [-0.39, 0.29) is 6.10 Å². The molecule has 0 N–H and O–H groups in total. The van der Waals surface area contributed by atoms with Crippen LogP contribution in [0, 0.1) is 11.3 Å². The third-order valence-electron chi connectivity index (χ3n) is 2.67. The molecule has 0 saturated carbocycles. The SMILES string of the molecule is CC1OCCC1Sc1cccc(Cl)c1C#N. The standard InChI is InChI=1S/C12H12ClNOS/c1-8-11(5-6-15-8)16-12-4-2-3-10(13)9(12)7-14/h2-4,8,11H,5-6H2,1H3. The minimum absolute atomic E-state index is 0.246. The topological polar surface area (TPSA) is 33.0 Å². The minimum Gasteiger partial charge on any atom is -0.377 e. The van der Waals surface area contributed by atoms with Crippen LogP contribution in [0.15, 0.2) is 23.1 Å². The van der Waals surface area contributed by atoms with Gasteiger partial charge in [0.2, 0.25) is 0 Å². The maximum Gasteiger partial charge on any atom is 0.102 e. The lowest BCUT2D eigenvalue weighted by Gasteiger charge is -2.14. The first-order chi connectivity index (χ1) is 7.72. The van der Waals surface area contributed by atoms with Crippen LogP contribution < -0.4 is 0 Å². The lowest BCUT2D eigenvalue weighted by atomic mass is 10.2. The quantitative estimate of drug-likeness (QED) is 0.809. The van der Waals surface area contributed by atoms with Crippen molar-refractivity contribution in [3.05, 3.63) is 28.8 Å². The second kappa shape index (κ2) is 5.09. The van der Waals surface area contributed by atoms with Crippen LogP contribution in [0.1, 0.15) is 18.9 Å². The third kappa shape index (κ3) is 2.35. The van der Waals surface area contributed by atoms with Gasteiger partial charge in [0.05, 0.1) is 16.7 Å². The van der Waals surface area contributed by atoms with Crippen LogP contribution in [0.3, 0.4) is 0 Å². The summed E-state index contributed by atoms with van der Waals surface area (Å²) in [6, 6.07) is 7.73. The molecule has 1 heterocycles. The molecule has 0 aliphatic carbocycles. The Balaban J connectivity index is 2.21. The number of thioether (sulfide) groups is 1. The average molecular weight is 254 g/mol. The fourth-order valence-corrected chi connectivity index (χ4v) is 3.25. The molecule has 16 heavy (non-hydrogen) atoms. The summed E-state index contributed by atoms with van der Waals surface area (Å²) in [5.41, 5.74) is 0.577. The fraction of sp³-hybridized carbons (Fsp3) is 0.417. The summed E-state index contributed by atoms with van der Waals surface area (Å²) >= 11 is 7.68. The zero-order chi connectivity index (χ0) is 11.5. The Bertz CT molecular complexity index is 430. The van der Waals surface area contributed by atoms with Crippen molar-refractivity contribution in [3.8, 4) is 6.07 Å². The van der Waals surface area contributed by atoms with E-state index < -0.39 is 0 Å². The van der Waals surface area contributed by atoms with Crippen molar-refractivity contribution in [2.24, 2.45) is 0 Å². The molecule has 84 valence electrons. The molecular weight excluding hydrogens is 242 g/mol. The highest BCUT2D eigenvalue weighted by Crippen LogP contribution is 2.36. The summed E-state index contributed by atoms with van der Waals surface area (Å²) in [5, 5.41) is 10.0. The molecule has 0 aromatic heterocycles. The van der Waals surface area contributed by atoms with Crippen LogP contribution in [0.25, 0.3) is 0 Å². The van der Waals surface area contributed by atoms with Gasteiger partial charge in [-0.05, 0) is 25.5 Å². The van der Waals surface area contributed by atoms with Gasteiger partial charge in [-0.2, -0.15) is 5.26 Å². The van der Waals surface area contributed by atoms with E-state index in [1.807, 2.05) is 12.1 Å². The molecule has 1 aliphatic rings. The van der Waals surface area contributed by atoms with Crippen molar-refractivity contribution in [2.75, 3.05) is 6.61 Å². The Morgan fingerprint density at radius 2 is 2.38 bits per heavy atom. The first-order valence-electron chi connectivity index (χ1n) is 5.19. The number of halogens is 1. The predicted molar refractivity (Wildman–Crippen MR) is 65.8 cm³/mol. The molecule has 1 fully saturated rings. The fourth-order valence-electron chi connectivity index (χ4n) is 1.74. The number of nitriles is 1. The first-order valence-corrected chi connectivity index (χ1v) is 6.45. The van der Waals surface area contributed by atoms with Crippen LogP contribution in [-0.2, 0) is 4.74 Å². The van der Waals surface area contributed by atoms with Crippen molar-refractivity contribution in [3.63, 3.8) is 0 Å². The van der Waals surface area contributed by atoms with Gasteiger partial charge >= 0.3 is 0 Å². The Kier molecular flexibility index (Phi) is 3.75. The Labute approximate surface area is 105 Å². The Hall–Kier alpha value is -0.690. The molecule has 1 aromatic carbocycles. The molecule has 2 unspecified atom stereocenters. The summed E-state index contributed by atoms with van der Waals surface area (Å²) in [5.74, 6) is 0. The van der Waals surface area contributed by atoms with Crippen molar-refractivity contribution in [1.29, 1.82) is 5.26 Å². The normalized spacial score (nSPS) is 24.3. The number of hydrogen-bond acceptors (Lipinski definition) is 3. The number of nitrogens with zero attached hydrogens (tertiary/aromatic N) is 1. The highest BCUT2D eigenvalue weighted by Gasteiger charge is 2.26. The number of hydrogen-bond donors (Lipinski definition) is 0. The zero-order valence-corrected chi connectivity index (χ0v) is 10.5. The van der Waals surface area contributed by atoms with Gasteiger partial charge in [0.15, 0.2) is 0 Å². The van der Waals surface area contributed by atoms with Gasteiger partial charge in [0, 0.05) is 16.8 Å². The maximum absolute atomic E-state index is 9.06. The van der Waals surface area contributed by atoms with E-state index in [4.69, 9.17) is 21.6 Å². The van der Waals surface area contributed by atoms with Gasteiger partial charge in [-0.1, -0.05) is 17.7 Å². The highest BCUT2D eigenvalue weighted by atomic mass is 35.5. The molecule has 0 spiro atoms. The molecular formula is C12H12ClNOS. The lowest BCUT2D eigenvalue weighted by molar-refractivity contribution is 0.127. The predicted octanol–water partition coefficient (Wildman–Crippen LogP) is 3.48. The third-order valence-corrected chi connectivity index (χ3v) is 4.50. The molecule has 2 nitrogen and oxygen atoms in total. The number of ether oxygens (including phenoxy) is 1. The second-order valence-electron chi connectivity index (χ2n) is 3.75. The van der Waals surface area contributed by atoms with E-state index >= 15 is 0 Å². The summed E-state index contributed by atoms with van der Waals surface area (Å²) in [4.78, 5) is 0.956. The monoisotopic (exact) mass is 253 g/mol. The van der Waals surface area contributed by atoms with Crippen LogP contribution >= 0.6 is 23.4 Å². The summed E-state index contributed by atoms with van der Waals surface area (Å²) < 4.78 is 5.50. The van der Waals surface area contributed by atoms with Crippen molar-refractivity contribution >= 4 is 23.4 Å². The van der Waals surface area contributed by atoms with E-state index in [1.165, 1.54) is 0 Å². The maximum atomic E-state index is 9.06. The lowest BCUT2D eigenvalue weighted by Crippen LogP contribution is -2.13. The smallest absolute Gasteiger partial charge is 0.102 e. The minimum atomic E-state index is 0.246. The molecule has 2 rings (SSSR count). The Morgan fingerprint density at radius 1 is 1.56 bits per heavy atom. The molecule has 1 aromatic rings. The van der Waals surface area contributed by atoms with Crippen LogP contribution in [0.5, 0.6) is 0 Å². The first kappa shape index (κ1) is 11.8. The largest absolute Gasteiger partial charge is 0.377 e. The van der Waals surface area contributed by atoms with Gasteiger partial charge in [0.25, 0.3) is 0 Å². The molecule has 1 aliphatic heterocycles. The van der Waals surface area contributed by atoms with Gasteiger partial charge in [-0.3, -0.25) is 0 Å². The van der Waals surface area contributed by atoms with Crippen LogP contribution in [0.2, 0.25) is 5.02 Å². The van der Waals surface area contributed by atoms with Crippen molar-refractivity contribution < 1.29 is 4.74 Å². The van der Waals surface area contributed by atoms with E-state index in [0.29, 0.717) is 15.8 Å². The van der Waals surface area contributed by atoms with Crippen LogP contribution in [-0.4, -0.2) is 18.0 Å². The van der Waals surface area contributed by atoms with Gasteiger partial charge < -0.3 is 4.74 Å².